The summed E-state index contributed by atoms with van der Waals surface area (Å²) in [6, 6.07) is 5.49. The molecule has 20 heavy (non-hydrogen) atoms. The average Bonchev–Trinajstić information content (AvgIpc) is 2.86. The van der Waals surface area contributed by atoms with Gasteiger partial charge in [0, 0.05) is 16.0 Å². The minimum absolute atomic E-state index is 0.192. The van der Waals surface area contributed by atoms with E-state index in [-0.39, 0.29) is 12.5 Å². The summed E-state index contributed by atoms with van der Waals surface area (Å²) in [5, 5.41) is 13.6. The second-order valence-corrected chi connectivity index (χ2v) is 5.77. The number of hydrogen-bond donors (Lipinski definition) is 1. The van der Waals surface area contributed by atoms with Gasteiger partial charge in [-0.1, -0.05) is 34.9 Å². The standard InChI is InChI=1S/C14H17BrN2O3/c1-8(2)14-16-13(17-20-14)7-19-12-5-4-10(15)6-11(12)9(3)18/h4-6,8-9,18H,7H2,1-3H3/t9-/m1/s1. The van der Waals surface area contributed by atoms with Crippen LogP contribution in [0.15, 0.2) is 27.2 Å². The van der Waals surface area contributed by atoms with Crippen molar-refractivity contribution in [2.45, 2.75) is 39.4 Å². The Bertz CT molecular complexity index is 582. The number of rotatable bonds is 5. The first-order valence-electron chi connectivity index (χ1n) is 6.40. The number of nitrogens with zero attached hydrogens (tertiary/aromatic N) is 2. The molecule has 0 saturated carbocycles. The number of aromatic nitrogens is 2. The third-order valence-electron chi connectivity index (χ3n) is 2.76. The quantitative estimate of drug-likeness (QED) is 0.900. The summed E-state index contributed by atoms with van der Waals surface area (Å²) in [6.45, 7) is 5.87. The van der Waals surface area contributed by atoms with E-state index in [9.17, 15) is 5.11 Å². The maximum atomic E-state index is 9.75. The topological polar surface area (TPSA) is 68.4 Å². The van der Waals surface area contributed by atoms with Crippen molar-refractivity contribution in [1.82, 2.24) is 10.1 Å². The normalized spacial score (nSPS) is 12.7. The van der Waals surface area contributed by atoms with Gasteiger partial charge in [-0.25, -0.2) is 0 Å². The number of ether oxygens (including phenoxy) is 1. The summed E-state index contributed by atoms with van der Waals surface area (Å²) in [6.07, 6.45) is -0.612. The molecule has 108 valence electrons. The SMILES string of the molecule is CC(C)c1nc(COc2ccc(Br)cc2[C@@H](C)O)no1. The van der Waals surface area contributed by atoms with E-state index < -0.39 is 6.10 Å². The summed E-state index contributed by atoms with van der Waals surface area (Å²) in [7, 11) is 0. The zero-order valence-electron chi connectivity index (χ0n) is 11.6. The fourth-order valence-corrected chi connectivity index (χ4v) is 2.06. The van der Waals surface area contributed by atoms with E-state index in [1.165, 1.54) is 0 Å². The van der Waals surface area contributed by atoms with E-state index in [0.717, 1.165) is 4.47 Å². The van der Waals surface area contributed by atoms with Gasteiger partial charge in [-0.15, -0.1) is 0 Å². The second-order valence-electron chi connectivity index (χ2n) is 4.85. The number of hydrogen-bond acceptors (Lipinski definition) is 5. The molecule has 0 bridgehead atoms. The van der Waals surface area contributed by atoms with Crippen LogP contribution in [0.2, 0.25) is 0 Å². The maximum absolute atomic E-state index is 9.75. The summed E-state index contributed by atoms with van der Waals surface area (Å²) in [5.41, 5.74) is 0.715. The van der Waals surface area contributed by atoms with Crippen molar-refractivity contribution in [3.8, 4) is 5.75 Å². The first kappa shape index (κ1) is 15.0. The van der Waals surface area contributed by atoms with E-state index in [2.05, 4.69) is 26.1 Å². The van der Waals surface area contributed by atoms with Gasteiger partial charge in [0.25, 0.3) is 0 Å². The molecule has 0 amide bonds. The third-order valence-corrected chi connectivity index (χ3v) is 3.25. The van der Waals surface area contributed by atoms with Gasteiger partial charge in [0.05, 0.1) is 6.10 Å². The Morgan fingerprint density at radius 2 is 2.10 bits per heavy atom. The molecule has 0 radical (unpaired) electrons. The lowest BCUT2D eigenvalue weighted by atomic mass is 10.1. The molecular weight excluding hydrogens is 324 g/mol. The van der Waals surface area contributed by atoms with Gasteiger partial charge in [0.1, 0.15) is 5.75 Å². The molecule has 0 aliphatic carbocycles. The van der Waals surface area contributed by atoms with Crippen molar-refractivity contribution in [3.05, 3.63) is 40.0 Å². The molecule has 5 nitrogen and oxygen atoms in total. The monoisotopic (exact) mass is 340 g/mol. The molecule has 2 rings (SSSR count). The largest absolute Gasteiger partial charge is 0.485 e. The fourth-order valence-electron chi connectivity index (χ4n) is 1.68. The Kier molecular flexibility index (Phi) is 4.77. The molecule has 1 aromatic carbocycles. The van der Waals surface area contributed by atoms with E-state index in [4.69, 9.17) is 9.26 Å². The van der Waals surface area contributed by atoms with Crippen LogP contribution in [-0.2, 0) is 6.61 Å². The zero-order valence-corrected chi connectivity index (χ0v) is 13.2. The molecule has 0 spiro atoms. The maximum Gasteiger partial charge on any atom is 0.229 e. The van der Waals surface area contributed by atoms with Crippen molar-refractivity contribution in [2.75, 3.05) is 0 Å². The smallest absolute Gasteiger partial charge is 0.229 e. The van der Waals surface area contributed by atoms with E-state index >= 15 is 0 Å². The molecule has 1 atom stereocenters. The average molecular weight is 341 g/mol. The van der Waals surface area contributed by atoms with Gasteiger partial charge in [-0.2, -0.15) is 4.98 Å². The van der Waals surface area contributed by atoms with Crippen molar-refractivity contribution in [3.63, 3.8) is 0 Å². The van der Waals surface area contributed by atoms with Crippen molar-refractivity contribution in [2.24, 2.45) is 0 Å². The van der Waals surface area contributed by atoms with Crippen LogP contribution in [-0.4, -0.2) is 15.2 Å². The zero-order chi connectivity index (χ0) is 14.7. The van der Waals surface area contributed by atoms with E-state index in [1.54, 1.807) is 13.0 Å². The first-order valence-corrected chi connectivity index (χ1v) is 7.19. The Morgan fingerprint density at radius 3 is 2.70 bits per heavy atom. The molecular formula is C14H17BrN2O3. The lowest BCUT2D eigenvalue weighted by Crippen LogP contribution is -2.02. The lowest BCUT2D eigenvalue weighted by molar-refractivity contribution is 0.189. The highest BCUT2D eigenvalue weighted by molar-refractivity contribution is 9.10. The Labute approximate surface area is 126 Å². The molecule has 1 heterocycles. The molecule has 1 aromatic heterocycles. The van der Waals surface area contributed by atoms with E-state index in [0.29, 0.717) is 23.0 Å². The third kappa shape index (κ3) is 3.58. The predicted octanol–water partition coefficient (Wildman–Crippen LogP) is 3.59. The van der Waals surface area contributed by atoms with Crippen LogP contribution < -0.4 is 4.74 Å². The fraction of sp³-hybridized carbons (Fsp3) is 0.429. The van der Waals surface area contributed by atoms with E-state index in [1.807, 2.05) is 26.0 Å². The summed E-state index contributed by atoms with van der Waals surface area (Å²) in [4.78, 5) is 4.24. The first-order chi connectivity index (χ1) is 9.47. The highest BCUT2D eigenvalue weighted by atomic mass is 79.9. The van der Waals surface area contributed by atoms with Crippen LogP contribution in [0.4, 0.5) is 0 Å². The van der Waals surface area contributed by atoms with Gasteiger partial charge in [-0.3, -0.25) is 0 Å². The molecule has 0 aliphatic rings. The highest BCUT2D eigenvalue weighted by Gasteiger charge is 2.13. The minimum atomic E-state index is -0.612. The second kappa shape index (κ2) is 6.37. The van der Waals surface area contributed by atoms with Gasteiger partial charge in [-0.05, 0) is 25.1 Å². The van der Waals surface area contributed by atoms with Gasteiger partial charge in [0.2, 0.25) is 11.7 Å². The molecule has 0 saturated heterocycles. The van der Waals surface area contributed by atoms with Crippen molar-refractivity contribution < 1.29 is 14.4 Å². The van der Waals surface area contributed by atoms with Crippen LogP contribution in [0.3, 0.4) is 0 Å². The molecule has 0 aliphatic heterocycles. The summed E-state index contributed by atoms with van der Waals surface area (Å²) in [5.74, 6) is 1.89. The van der Waals surface area contributed by atoms with Crippen molar-refractivity contribution in [1.29, 1.82) is 0 Å². The van der Waals surface area contributed by atoms with Crippen LogP contribution in [0.5, 0.6) is 5.75 Å². The Morgan fingerprint density at radius 1 is 1.35 bits per heavy atom. The number of aliphatic hydroxyl groups is 1. The Balaban J connectivity index is 2.10. The van der Waals surface area contributed by atoms with Crippen LogP contribution in [0.1, 0.15) is 50.1 Å². The van der Waals surface area contributed by atoms with Crippen LogP contribution in [0.25, 0.3) is 0 Å². The predicted molar refractivity (Wildman–Crippen MR) is 77.5 cm³/mol. The highest BCUT2D eigenvalue weighted by Crippen LogP contribution is 2.29. The summed E-state index contributed by atoms with van der Waals surface area (Å²) >= 11 is 3.37. The molecule has 2 aromatic rings. The van der Waals surface area contributed by atoms with Crippen molar-refractivity contribution >= 4 is 15.9 Å². The number of benzene rings is 1. The molecule has 6 heteroatoms. The molecule has 1 N–H and O–H groups in total. The minimum Gasteiger partial charge on any atom is -0.485 e. The number of halogens is 1. The van der Waals surface area contributed by atoms with Crippen LogP contribution in [0, 0.1) is 0 Å². The summed E-state index contributed by atoms with van der Waals surface area (Å²) < 4.78 is 11.7. The van der Waals surface area contributed by atoms with Gasteiger partial charge >= 0.3 is 0 Å². The number of aliphatic hydroxyl groups excluding tert-OH is 1. The van der Waals surface area contributed by atoms with Gasteiger partial charge < -0.3 is 14.4 Å². The van der Waals surface area contributed by atoms with Crippen LogP contribution >= 0.6 is 15.9 Å². The molecule has 0 unspecified atom stereocenters. The Hall–Kier alpha value is -1.40. The lowest BCUT2D eigenvalue weighted by Gasteiger charge is -2.12. The van der Waals surface area contributed by atoms with Gasteiger partial charge in [0.15, 0.2) is 6.61 Å². The molecule has 0 fully saturated rings.